The lowest BCUT2D eigenvalue weighted by atomic mass is 10.1. The number of fused-ring (bicyclic) bond motifs is 1. The van der Waals surface area contributed by atoms with Crippen molar-refractivity contribution in [2.45, 2.75) is 25.4 Å². The first-order chi connectivity index (χ1) is 10.2. The molecule has 6 nitrogen and oxygen atoms in total. The van der Waals surface area contributed by atoms with Crippen molar-refractivity contribution in [3.63, 3.8) is 0 Å². The molecule has 0 saturated heterocycles. The van der Waals surface area contributed by atoms with Gasteiger partial charge in [0.25, 0.3) is 11.8 Å². The van der Waals surface area contributed by atoms with Crippen LogP contribution in [0.2, 0.25) is 0 Å². The smallest absolute Gasteiger partial charge is 0.261 e. The van der Waals surface area contributed by atoms with Crippen molar-refractivity contribution in [2.24, 2.45) is 10.2 Å². The van der Waals surface area contributed by atoms with E-state index in [1.165, 1.54) is 4.90 Å². The molecule has 0 radical (unpaired) electrons. The minimum Gasteiger partial charge on any atom is -0.336 e. The predicted molar refractivity (Wildman–Crippen MR) is 80.0 cm³/mol. The van der Waals surface area contributed by atoms with Crippen LogP contribution >= 0.6 is 12.2 Å². The molecule has 0 fully saturated rings. The second kappa shape index (κ2) is 5.69. The minimum absolute atomic E-state index is 0.0697. The lowest BCUT2D eigenvalue weighted by molar-refractivity contribution is 0.0651. The molecule has 0 saturated carbocycles. The number of hydrogen-bond acceptors (Lipinski definition) is 4. The average Bonchev–Trinajstić information content (AvgIpc) is 3.00. The Labute approximate surface area is 127 Å². The molecular weight excluding hydrogens is 288 g/mol. The second-order valence-electron chi connectivity index (χ2n) is 4.98. The van der Waals surface area contributed by atoms with Crippen LogP contribution in [-0.4, -0.2) is 34.5 Å². The topological polar surface area (TPSA) is 74.1 Å². The number of hydrogen-bond donors (Lipinski definition) is 1. The highest BCUT2D eigenvalue weighted by atomic mass is 32.1. The number of carbonyl (C=O) groups is 2. The number of nitrogens with one attached hydrogen (secondary N) is 1. The highest BCUT2D eigenvalue weighted by Crippen LogP contribution is 2.22. The molecule has 0 aromatic heterocycles. The fourth-order valence-electron chi connectivity index (χ4n) is 2.50. The molecule has 2 aliphatic rings. The number of rotatable bonds is 5. The van der Waals surface area contributed by atoms with Gasteiger partial charge < -0.3 is 5.32 Å². The van der Waals surface area contributed by atoms with Crippen LogP contribution in [0.1, 0.15) is 40.0 Å². The minimum atomic E-state index is -0.199. The van der Waals surface area contributed by atoms with Gasteiger partial charge in [0.15, 0.2) is 0 Å². The predicted octanol–water partition coefficient (Wildman–Crippen LogP) is 2.12. The van der Waals surface area contributed by atoms with Crippen LogP contribution in [-0.2, 0) is 0 Å². The second-order valence-corrected chi connectivity index (χ2v) is 5.37. The average molecular weight is 302 g/mol. The number of benzene rings is 1. The third kappa shape index (κ3) is 2.69. The summed E-state index contributed by atoms with van der Waals surface area (Å²) in [4.78, 5) is 25.6. The zero-order chi connectivity index (χ0) is 14.8. The zero-order valence-electron chi connectivity index (χ0n) is 11.3. The van der Waals surface area contributed by atoms with Crippen LogP contribution in [0.3, 0.4) is 0 Å². The summed E-state index contributed by atoms with van der Waals surface area (Å²) in [7, 11) is 0. The summed E-state index contributed by atoms with van der Waals surface area (Å²) in [5.74, 6) is -0.397. The third-order valence-corrected chi connectivity index (χ3v) is 3.76. The summed E-state index contributed by atoms with van der Waals surface area (Å²) >= 11 is 4.86. The molecule has 2 aliphatic heterocycles. The van der Waals surface area contributed by atoms with Gasteiger partial charge in [-0.3, -0.25) is 14.5 Å². The van der Waals surface area contributed by atoms with E-state index >= 15 is 0 Å². The van der Waals surface area contributed by atoms with Gasteiger partial charge in [0.1, 0.15) is 6.17 Å². The number of azo groups is 1. The van der Waals surface area contributed by atoms with Gasteiger partial charge in [-0.15, -0.1) is 5.11 Å². The van der Waals surface area contributed by atoms with Gasteiger partial charge in [-0.1, -0.05) is 12.1 Å². The van der Waals surface area contributed by atoms with Gasteiger partial charge in [-0.2, -0.15) is 5.11 Å². The largest absolute Gasteiger partial charge is 0.336 e. The van der Waals surface area contributed by atoms with Gasteiger partial charge in [-0.25, -0.2) is 0 Å². The maximum atomic E-state index is 12.1. The van der Waals surface area contributed by atoms with Crippen LogP contribution in [0.15, 0.2) is 34.5 Å². The van der Waals surface area contributed by atoms with Gasteiger partial charge in [0.05, 0.1) is 11.1 Å². The van der Waals surface area contributed by atoms with Crippen molar-refractivity contribution in [2.75, 3.05) is 6.54 Å². The van der Waals surface area contributed by atoms with E-state index in [0.717, 1.165) is 19.3 Å². The van der Waals surface area contributed by atoms with E-state index in [1.807, 2.05) is 0 Å². The fourth-order valence-corrected chi connectivity index (χ4v) is 2.69. The number of nitrogens with zero attached hydrogens (tertiary/aromatic N) is 3. The quantitative estimate of drug-likeness (QED) is 0.513. The van der Waals surface area contributed by atoms with Crippen LogP contribution in [0.4, 0.5) is 0 Å². The first-order valence-electron chi connectivity index (χ1n) is 6.83. The van der Waals surface area contributed by atoms with Crippen LogP contribution in [0, 0.1) is 0 Å². The molecule has 3 rings (SSSR count). The molecule has 0 aliphatic carbocycles. The SMILES string of the molecule is O=C1c2ccccc2C(=O)N1CCCCC1N=NC(=S)N1. The summed E-state index contributed by atoms with van der Waals surface area (Å²) in [6.45, 7) is 0.431. The van der Waals surface area contributed by atoms with Crippen molar-refractivity contribution in [3.8, 4) is 0 Å². The molecule has 1 atom stereocenters. The van der Waals surface area contributed by atoms with Crippen molar-refractivity contribution < 1.29 is 9.59 Å². The maximum Gasteiger partial charge on any atom is 0.261 e. The summed E-state index contributed by atoms with van der Waals surface area (Å²) in [5, 5.41) is 11.1. The highest BCUT2D eigenvalue weighted by molar-refractivity contribution is 7.80. The van der Waals surface area contributed by atoms with Crippen LogP contribution < -0.4 is 5.32 Å². The molecule has 1 unspecified atom stereocenters. The maximum absolute atomic E-state index is 12.1. The Hall–Kier alpha value is -2.15. The van der Waals surface area contributed by atoms with Gasteiger partial charge in [-0.05, 0) is 43.6 Å². The van der Waals surface area contributed by atoms with E-state index in [2.05, 4.69) is 15.5 Å². The first-order valence-corrected chi connectivity index (χ1v) is 7.24. The van der Waals surface area contributed by atoms with Gasteiger partial charge in [0, 0.05) is 6.54 Å². The molecule has 108 valence electrons. The molecule has 0 bridgehead atoms. The van der Waals surface area contributed by atoms with Gasteiger partial charge >= 0.3 is 0 Å². The number of thiocarbonyl (C=S) groups is 1. The summed E-state index contributed by atoms with van der Waals surface area (Å²) in [6.07, 6.45) is 2.30. The first kappa shape index (κ1) is 13.8. The molecular formula is C14H14N4O2S. The number of imide groups is 1. The van der Waals surface area contributed by atoms with Crippen molar-refractivity contribution in [1.29, 1.82) is 0 Å². The lowest BCUT2D eigenvalue weighted by Gasteiger charge is -2.14. The number of unbranched alkanes of at least 4 members (excludes halogenated alkanes) is 1. The molecule has 1 N–H and O–H groups in total. The molecule has 0 spiro atoms. The van der Waals surface area contributed by atoms with Crippen molar-refractivity contribution in [3.05, 3.63) is 35.4 Å². The number of carbonyl (C=O) groups excluding carboxylic acids is 2. The van der Waals surface area contributed by atoms with E-state index in [-0.39, 0.29) is 18.0 Å². The van der Waals surface area contributed by atoms with E-state index in [1.54, 1.807) is 24.3 Å². The lowest BCUT2D eigenvalue weighted by Crippen LogP contribution is -2.31. The Kier molecular flexibility index (Phi) is 3.74. The van der Waals surface area contributed by atoms with Crippen LogP contribution in [0.25, 0.3) is 0 Å². The fraction of sp³-hybridized carbons (Fsp3) is 0.357. The van der Waals surface area contributed by atoms with Crippen molar-refractivity contribution in [1.82, 2.24) is 10.2 Å². The Morgan fingerprint density at radius 2 is 1.81 bits per heavy atom. The van der Waals surface area contributed by atoms with Gasteiger partial charge in [0.2, 0.25) is 5.11 Å². The van der Waals surface area contributed by atoms with Crippen molar-refractivity contribution >= 4 is 29.1 Å². The standard InChI is InChI=1S/C14H14N4O2S/c19-12-9-5-1-2-6-10(9)13(20)18(12)8-4-3-7-11-15-14(21)17-16-11/h1-2,5-6,11H,3-4,7-8H2,(H,15,21). The van der Waals surface area contributed by atoms with Crippen LogP contribution in [0.5, 0.6) is 0 Å². The van der Waals surface area contributed by atoms with E-state index < -0.39 is 0 Å². The summed E-state index contributed by atoms with van der Waals surface area (Å²) in [6, 6.07) is 6.93. The molecule has 2 amide bonds. The molecule has 2 heterocycles. The van der Waals surface area contributed by atoms with E-state index in [4.69, 9.17) is 12.2 Å². The highest BCUT2D eigenvalue weighted by Gasteiger charge is 2.34. The zero-order valence-corrected chi connectivity index (χ0v) is 12.1. The molecule has 21 heavy (non-hydrogen) atoms. The number of amides is 2. The normalized spacial score (nSPS) is 20.1. The Balaban J connectivity index is 1.51. The monoisotopic (exact) mass is 302 g/mol. The van der Waals surface area contributed by atoms with E-state index in [0.29, 0.717) is 22.8 Å². The Morgan fingerprint density at radius 1 is 1.14 bits per heavy atom. The molecule has 1 aromatic carbocycles. The summed E-state index contributed by atoms with van der Waals surface area (Å²) < 4.78 is 0. The Morgan fingerprint density at radius 3 is 2.38 bits per heavy atom. The summed E-state index contributed by atoms with van der Waals surface area (Å²) in [5.41, 5.74) is 0.998. The Bertz CT molecular complexity index is 609. The molecule has 7 heteroatoms. The third-order valence-electron chi connectivity index (χ3n) is 3.57. The van der Waals surface area contributed by atoms with E-state index in [9.17, 15) is 9.59 Å². The molecule has 1 aromatic rings.